The average molecular weight is 451 g/mol. The molecule has 8 heteroatoms. The molecule has 33 heavy (non-hydrogen) atoms. The van der Waals surface area contributed by atoms with Gasteiger partial charge in [0.15, 0.2) is 0 Å². The van der Waals surface area contributed by atoms with Crippen LogP contribution >= 0.6 is 0 Å². The Bertz CT molecular complexity index is 1100. The molecule has 7 nitrogen and oxygen atoms in total. The molecule has 1 unspecified atom stereocenters. The molecule has 2 saturated heterocycles. The molecular weight excluding hydrogens is 423 g/mol. The molecule has 0 radical (unpaired) electrons. The highest BCUT2D eigenvalue weighted by atomic mass is 19.1. The third-order valence-corrected chi connectivity index (χ3v) is 6.68. The maximum absolute atomic E-state index is 13.5. The summed E-state index contributed by atoms with van der Waals surface area (Å²) >= 11 is 0. The largest absolute Gasteiger partial charge is 0.358 e. The van der Waals surface area contributed by atoms with Crippen LogP contribution in [0.2, 0.25) is 0 Å². The highest BCUT2D eigenvalue weighted by molar-refractivity contribution is 6.11. The van der Waals surface area contributed by atoms with E-state index in [1.54, 1.807) is 12.1 Å². The first-order chi connectivity index (χ1) is 16.0. The minimum atomic E-state index is -0.449. The van der Waals surface area contributed by atoms with E-state index >= 15 is 0 Å². The topological polar surface area (TPSA) is 73.0 Å². The van der Waals surface area contributed by atoms with Gasteiger partial charge in [-0.05, 0) is 68.5 Å². The minimum absolute atomic E-state index is 0.0484. The predicted octanol–water partition coefficient (Wildman–Crippen LogP) is 3.41. The van der Waals surface area contributed by atoms with E-state index < -0.39 is 11.7 Å². The monoisotopic (exact) mass is 450 g/mol. The minimum Gasteiger partial charge on any atom is -0.358 e. The van der Waals surface area contributed by atoms with Gasteiger partial charge in [-0.25, -0.2) is 4.39 Å². The van der Waals surface area contributed by atoms with Crippen LogP contribution in [0.15, 0.2) is 42.5 Å². The molecule has 3 amide bonds. The molecule has 3 heterocycles. The molecule has 3 aliphatic rings. The zero-order chi connectivity index (χ0) is 22.9. The molecule has 0 aliphatic carbocycles. The molecule has 0 aromatic heterocycles. The first-order valence-corrected chi connectivity index (χ1v) is 11.6. The summed E-state index contributed by atoms with van der Waals surface area (Å²) in [6, 6.07) is 10.8. The summed E-state index contributed by atoms with van der Waals surface area (Å²) in [4.78, 5) is 44.7. The molecule has 1 N–H and O–H groups in total. The van der Waals surface area contributed by atoms with Crippen molar-refractivity contribution in [2.24, 2.45) is 0 Å². The van der Waals surface area contributed by atoms with Crippen LogP contribution in [0.1, 0.15) is 42.5 Å². The normalized spacial score (nSPS) is 19.8. The fraction of sp³-hybridized carbons (Fsp3) is 0.400. The Morgan fingerprint density at radius 1 is 0.970 bits per heavy atom. The first-order valence-electron chi connectivity index (χ1n) is 11.6. The highest BCUT2D eigenvalue weighted by Gasteiger charge is 2.40. The van der Waals surface area contributed by atoms with E-state index in [1.807, 2.05) is 17.0 Å². The number of likely N-dealkylation sites (tertiary alicyclic amines) is 1. The van der Waals surface area contributed by atoms with Gasteiger partial charge in [0.05, 0.1) is 11.4 Å². The van der Waals surface area contributed by atoms with Gasteiger partial charge in [0.1, 0.15) is 18.4 Å². The fourth-order valence-electron chi connectivity index (χ4n) is 5.07. The Labute approximate surface area is 192 Å². The van der Waals surface area contributed by atoms with Gasteiger partial charge in [-0.3, -0.25) is 19.3 Å². The molecule has 172 valence electrons. The molecule has 2 aromatic carbocycles. The highest BCUT2D eigenvalue weighted by Crippen LogP contribution is 2.40. The number of fused-ring (bicyclic) bond motifs is 3. The number of benzene rings is 2. The molecule has 0 saturated carbocycles. The molecule has 2 aromatic rings. The standard InChI is InChI=1S/C25H27FN4O3/c26-18-6-5-7-19(15-18)27-23(31)16-30-22-14-17(24(32)28-11-3-4-12-28)9-10-20(22)29-13-2-1-8-21(29)25(30)33/h5-7,9-10,14-15,21H,1-4,8,11-13,16H2,(H,27,31). The van der Waals surface area contributed by atoms with Crippen LogP contribution in [0.25, 0.3) is 0 Å². The average Bonchev–Trinajstić information content (AvgIpc) is 3.36. The van der Waals surface area contributed by atoms with Crippen molar-refractivity contribution in [1.82, 2.24) is 4.90 Å². The van der Waals surface area contributed by atoms with Crippen LogP contribution in [0, 0.1) is 5.82 Å². The summed E-state index contributed by atoms with van der Waals surface area (Å²) in [5.74, 6) is -1.05. The van der Waals surface area contributed by atoms with Crippen molar-refractivity contribution < 1.29 is 18.8 Å². The molecule has 5 rings (SSSR count). The van der Waals surface area contributed by atoms with Crippen molar-refractivity contribution in [1.29, 1.82) is 0 Å². The van der Waals surface area contributed by atoms with E-state index in [1.165, 1.54) is 23.1 Å². The Kier molecular flexibility index (Phi) is 5.74. The Morgan fingerprint density at radius 3 is 2.55 bits per heavy atom. The number of amides is 3. The second-order valence-corrected chi connectivity index (χ2v) is 8.89. The van der Waals surface area contributed by atoms with Gasteiger partial charge in [0, 0.05) is 30.9 Å². The number of nitrogens with one attached hydrogen (secondary N) is 1. The summed E-state index contributed by atoms with van der Waals surface area (Å²) in [6.45, 7) is 2.05. The van der Waals surface area contributed by atoms with E-state index in [0.29, 0.717) is 16.9 Å². The van der Waals surface area contributed by atoms with Crippen LogP contribution in [-0.4, -0.2) is 54.8 Å². The predicted molar refractivity (Wildman–Crippen MR) is 124 cm³/mol. The van der Waals surface area contributed by atoms with Crippen molar-refractivity contribution in [3.8, 4) is 0 Å². The third-order valence-electron chi connectivity index (χ3n) is 6.68. The van der Waals surface area contributed by atoms with E-state index in [4.69, 9.17) is 0 Å². The zero-order valence-corrected chi connectivity index (χ0v) is 18.4. The van der Waals surface area contributed by atoms with Crippen LogP contribution in [0.4, 0.5) is 21.5 Å². The van der Waals surface area contributed by atoms with Crippen molar-refractivity contribution >= 4 is 34.8 Å². The van der Waals surface area contributed by atoms with Crippen molar-refractivity contribution in [3.05, 3.63) is 53.8 Å². The number of halogens is 1. The van der Waals surface area contributed by atoms with Gasteiger partial charge >= 0.3 is 0 Å². The lowest BCUT2D eigenvalue weighted by atomic mass is 9.95. The van der Waals surface area contributed by atoms with Crippen LogP contribution in [0.5, 0.6) is 0 Å². The number of carbonyl (C=O) groups is 3. The Morgan fingerprint density at radius 2 is 1.76 bits per heavy atom. The number of carbonyl (C=O) groups excluding carboxylic acids is 3. The lowest BCUT2D eigenvalue weighted by Gasteiger charge is -2.45. The second kappa shape index (κ2) is 8.84. The number of hydrogen-bond acceptors (Lipinski definition) is 4. The number of anilines is 3. The molecule has 3 aliphatic heterocycles. The van der Waals surface area contributed by atoms with Crippen molar-refractivity contribution in [2.45, 2.75) is 38.1 Å². The smallest absolute Gasteiger partial charge is 0.253 e. The van der Waals surface area contributed by atoms with Gasteiger partial charge in [0.2, 0.25) is 11.8 Å². The number of rotatable bonds is 4. The van der Waals surface area contributed by atoms with E-state index in [2.05, 4.69) is 10.2 Å². The lowest BCUT2D eigenvalue weighted by Crippen LogP contribution is -2.56. The molecule has 0 spiro atoms. The summed E-state index contributed by atoms with van der Waals surface area (Å²) in [6.07, 6.45) is 4.68. The number of nitrogens with zero attached hydrogens (tertiary/aromatic N) is 3. The van der Waals surface area contributed by atoms with Crippen LogP contribution in [0.3, 0.4) is 0 Å². The van der Waals surface area contributed by atoms with Gasteiger partial charge in [-0.2, -0.15) is 0 Å². The van der Waals surface area contributed by atoms with E-state index in [-0.39, 0.29) is 24.4 Å². The zero-order valence-electron chi connectivity index (χ0n) is 18.4. The second-order valence-electron chi connectivity index (χ2n) is 8.89. The summed E-state index contributed by atoms with van der Waals surface area (Å²) in [5.41, 5.74) is 2.31. The molecule has 2 fully saturated rings. The maximum Gasteiger partial charge on any atom is 0.253 e. The Balaban J connectivity index is 1.46. The quantitative estimate of drug-likeness (QED) is 0.775. The Hall–Kier alpha value is -3.42. The third kappa shape index (κ3) is 4.17. The van der Waals surface area contributed by atoms with E-state index in [9.17, 15) is 18.8 Å². The summed E-state index contributed by atoms with van der Waals surface area (Å²) in [7, 11) is 0. The van der Waals surface area contributed by atoms with E-state index in [0.717, 1.165) is 57.4 Å². The van der Waals surface area contributed by atoms with Crippen molar-refractivity contribution in [3.63, 3.8) is 0 Å². The van der Waals surface area contributed by atoms with Crippen molar-refractivity contribution in [2.75, 3.05) is 41.3 Å². The summed E-state index contributed by atoms with van der Waals surface area (Å²) < 4.78 is 13.5. The lowest BCUT2D eigenvalue weighted by molar-refractivity contribution is -0.123. The van der Waals surface area contributed by atoms with Gasteiger partial charge in [0.25, 0.3) is 5.91 Å². The number of hydrogen-bond donors (Lipinski definition) is 1. The van der Waals surface area contributed by atoms with Gasteiger partial charge < -0.3 is 15.1 Å². The van der Waals surface area contributed by atoms with Crippen LogP contribution < -0.4 is 15.1 Å². The SMILES string of the molecule is O=C(CN1C(=O)C2CCCCN2c2ccc(C(=O)N3CCCC3)cc21)Nc1cccc(F)c1. The van der Waals surface area contributed by atoms with Gasteiger partial charge in [-0.15, -0.1) is 0 Å². The fourth-order valence-corrected chi connectivity index (χ4v) is 5.07. The molecular formula is C25H27FN4O3. The molecule has 0 bridgehead atoms. The van der Waals surface area contributed by atoms with Gasteiger partial charge in [-0.1, -0.05) is 6.07 Å². The number of piperidine rings is 1. The van der Waals surface area contributed by atoms with Crippen LogP contribution in [-0.2, 0) is 9.59 Å². The molecule has 1 atom stereocenters. The maximum atomic E-state index is 13.5. The first kappa shape index (κ1) is 21.4. The summed E-state index contributed by atoms with van der Waals surface area (Å²) in [5, 5.41) is 2.67.